The van der Waals surface area contributed by atoms with Crippen LogP contribution in [0.2, 0.25) is 0 Å². The van der Waals surface area contributed by atoms with Crippen LogP contribution in [0.1, 0.15) is 64.9 Å². The van der Waals surface area contributed by atoms with E-state index in [1.54, 1.807) is 19.2 Å². The fourth-order valence-corrected chi connectivity index (χ4v) is 6.25. The Labute approximate surface area is 270 Å². The maximum absolute atomic E-state index is 14.3. The zero-order valence-corrected chi connectivity index (χ0v) is 28.1. The van der Waals surface area contributed by atoms with Crippen molar-refractivity contribution >= 4 is 40.3 Å². The molecule has 252 valence electrons. The molecule has 46 heavy (non-hydrogen) atoms. The largest absolute Gasteiger partial charge is 0.496 e. The van der Waals surface area contributed by atoms with Crippen molar-refractivity contribution in [1.29, 1.82) is 0 Å². The number of methoxy groups -OCH3 is 1. The van der Waals surface area contributed by atoms with E-state index < -0.39 is 52.5 Å². The molecule has 4 amide bonds. The van der Waals surface area contributed by atoms with Crippen molar-refractivity contribution in [2.45, 2.75) is 72.5 Å². The summed E-state index contributed by atoms with van der Waals surface area (Å²) in [6.45, 7) is 15.8. The number of aromatic amines is 1. The molecule has 11 nitrogen and oxygen atoms in total. The maximum Gasteiger partial charge on any atom is 0.268 e. The number of hydrogen-bond donors (Lipinski definition) is 4. The summed E-state index contributed by atoms with van der Waals surface area (Å²) >= 11 is 0. The monoisotopic (exact) mass is 641 g/mol. The van der Waals surface area contributed by atoms with Gasteiger partial charge in [-0.15, -0.1) is 0 Å². The Bertz CT molecular complexity index is 1480. The van der Waals surface area contributed by atoms with Crippen molar-refractivity contribution < 1.29 is 33.1 Å². The quantitative estimate of drug-likeness (QED) is 0.292. The van der Waals surface area contributed by atoms with Gasteiger partial charge in [-0.2, -0.15) is 0 Å². The van der Waals surface area contributed by atoms with Gasteiger partial charge in [0.15, 0.2) is 5.78 Å². The van der Waals surface area contributed by atoms with Gasteiger partial charge in [-0.3, -0.25) is 28.4 Å². The minimum Gasteiger partial charge on any atom is -0.496 e. The van der Waals surface area contributed by atoms with E-state index in [1.807, 2.05) is 53.7 Å². The lowest BCUT2D eigenvalue weighted by Crippen LogP contribution is -2.60. The zero-order chi connectivity index (χ0) is 34.6. The minimum absolute atomic E-state index is 0.0612. The number of carbonyl (C=O) groups excluding carboxylic acids is 5. The van der Waals surface area contributed by atoms with Crippen molar-refractivity contribution in [3.63, 3.8) is 0 Å². The van der Waals surface area contributed by atoms with Crippen molar-refractivity contribution in [1.82, 2.24) is 25.8 Å². The number of halogens is 1. The Hall–Kier alpha value is -4.22. The number of rotatable bonds is 10. The zero-order valence-electron chi connectivity index (χ0n) is 28.1. The lowest BCUT2D eigenvalue weighted by atomic mass is 9.77. The van der Waals surface area contributed by atoms with Gasteiger partial charge >= 0.3 is 0 Å². The highest BCUT2D eigenvalue weighted by Crippen LogP contribution is 2.42. The first-order valence-corrected chi connectivity index (χ1v) is 15.5. The maximum atomic E-state index is 14.3. The van der Waals surface area contributed by atoms with E-state index in [-0.39, 0.29) is 29.8 Å². The summed E-state index contributed by atoms with van der Waals surface area (Å²) in [5, 5.41) is 9.28. The lowest BCUT2D eigenvalue weighted by Gasteiger charge is -2.38. The summed E-state index contributed by atoms with van der Waals surface area (Å²) < 4.78 is 14.9. The molecule has 2 saturated heterocycles. The van der Waals surface area contributed by atoms with E-state index >= 15 is 0 Å². The van der Waals surface area contributed by atoms with Gasteiger partial charge in [-0.25, -0.2) is 0 Å². The van der Waals surface area contributed by atoms with Gasteiger partial charge in [0.05, 0.1) is 20.3 Å². The lowest BCUT2D eigenvalue weighted by molar-refractivity contribution is -0.144. The summed E-state index contributed by atoms with van der Waals surface area (Å²) in [6, 6.07) is 4.31. The number of benzene rings is 1. The summed E-state index contributed by atoms with van der Waals surface area (Å²) in [4.78, 5) is 71.5. The van der Waals surface area contributed by atoms with Gasteiger partial charge in [-0.05, 0) is 53.9 Å². The number of hydrogen-bond acceptors (Lipinski definition) is 6. The normalized spacial score (nSPS) is 21.8. The highest BCUT2D eigenvalue weighted by atomic mass is 19.1. The molecule has 4 rings (SSSR count). The SMILES string of the molecule is C=CC(=O)[C@H](C[C@@H]1CCNC1=O)NC(=O)[C@H]1N(C(=O)[C@@H](NC(=O)c2cc3c(OC)cccc3[nH]2)C(C)(C)C)C[C@@H](C)C1(C)C.CF. The molecule has 0 bridgehead atoms. The summed E-state index contributed by atoms with van der Waals surface area (Å²) in [5.41, 5.74) is -0.353. The molecule has 5 atom stereocenters. The molecule has 1 aromatic carbocycles. The second kappa shape index (κ2) is 14.5. The number of carbonyl (C=O) groups is 5. The molecule has 4 N–H and O–H groups in total. The number of nitrogens with zero attached hydrogens (tertiary/aromatic N) is 1. The number of likely N-dealkylation sites (tertiary alicyclic amines) is 1. The van der Waals surface area contributed by atoms with E-state index in [0.717, 1.165) is 17.0 Å². The van der Waals surface area contributed by atoms with Crippen LogP contribution in [0.15, 0.2) is 36.9 Å². The first kappa shape index (κ1) is 36.3. The van der Waals surface area contributed by atoms with Crippen LogP contribution in [-0.4, -0.2) is 84.8 Å². The number of H-pyrrole nitrogens is 1. The third-order valence-electron chi connectivity index (χ3n) is 9.31. The van der Waals surface area contributed by atoms with E-state index in [4.69, 9.17) is 4.74 Å². The van der Waals surface area contributed by atoms with Gasteiger partial charge in [0.1, 0.15) is 23.5 Å². The fraction of sp³-hybridized carbons (Fsp3) is 0.559. The molecule has 0 aliphatic carbocycles. The van der Waals surface area contributed by atoms with Crippen LogP contribution in [0.4, 0.5) is 4.39 Å². The molecule has 0 radical (unpaired) electrons. The number of ketones is 1. The van der Waals surface area contributed by atoms with E-state index in [2.05, 4.69) is 27.5 Å². The van der Waals surface area contributed by atoms with Crippen molar-refractivity contribution in [3.8, 4) is 5.75 Å². The van der Waals surface area contributed by atoms with E-state index in [9.17, 15) is 28.4 Å². The smallest absolute Gasteiger partial charge is 0.268 e. The van der Waals surface area contributed by atoms with E-state index in [1.165, 1.54) is 4.90 Å². The highest BCUT2D eigenvalue weighted by molar-refractivity contribution is 6.03. The third kappa shape index (κ3) is 7.42. The van der Waals surface area contributed by atoms with Crippen LogP contribution < -0.4 is 20.7 Å². The van der Waals surface area contributed by atoms with Gasteiger partial charge in [-0.1, -0.05) is 54.2 Å². The molecule has 0 unspecified atom stereocenters. The molecule has 2 fully saturated rings. The topological polar surface area (TPSA) is 150 Å². The molecule has 2 aliphatic rings. The molecular weight excluding hydrogens is 593 g/mol. The Morgan fingerprint density at radius 3 is 2.43 bits per heavy atom. The average Bonchev–Trinajstić information content (AvgIpc) is 3.70. The standard InChI is InChI=1S/C33H45N5O6.CH3F/c1-9-24(39)22(15-19-13-14-34-28(19)40)36-30(42)27-33(6,7)18(2)17-38(27)31(43)26(32(3,4)5)37-29(41)23-16-20-21(35-23)11-10-12-25(20)44-8;1-2/h9-12,16,18-19,22,26-27,35H,1,13-15,17H2,2-8H3,(H,34,40)(H,36,42)(H,37,41);1H3/t18-,19+,22+,26-,27-;/m1./s1. The molecule has 1 aromatic heterocycles. The van der Waals surface area contributed by atoms with Crippen LogP contribution in [0.25, 0.3) is 10.9 Å². The molecule has 2 aromatic rings. The van der Waals surface area contributed by atoms with Crippen LogP contribution in [0.3, 0.4) is 0 Å². The highest BCUT2D eigenvalue weighted by Gasteiger charge is 2.54. The number of nitrogens with one attached hydrogen (secondary N) is 4. The van der Waals surface area contributed by atoms with Gasteiger partial charge in [0.2, 0.25) is 17.7 Å². The molecule has 0 spiro atoms. The average molecular weight is 642 g/mol. The third-order valence-corrected chi connectivity index (χ3v) is 9.31. The number of alkyl halides is 1. The second-order valence-electron chi connectivity index (χ2n) is 13.7. The van der Waals surface area contributed by atoms with Gasteiger partial charge in [0.25, 0.3) is 5.91 Å². The molecule has 2 aliphatic heterocycles. The summed E-state index contributed by atoms with van der Waals surface area (Å²) in [5.74, 6) is -1.72. The van der Waals surface area contributed by atoms with Crippen LogP contribution >= 0.6 is 0 Å². The van der Waals surface area contributed by atoms with Crippen molar-refractivity contribution in [2.75, 3.05) is 27.4 Å². The summed E-state index contributed by atoms with van der Waals surface area (Å²) in [7, 11) is 2.06. The molecule has 3 heterocycles. The van der Waals surface area contributed by atoms with Gasteiger partial charge in [0, 0.05) is 29.9 Å². The van der Waals surface area contributed by atoms with Crippen LogP contribution in [0.5, 0.6) is 5.75 Å². The van der Waals surface area contributed by atoms with Crippen LogP contribution in [0, 0.1) is 22.7 Å². The summed E-state index contributed by atoms with van der Waals surface area (Å²) in [6.07, 6.45) is 1.87. The van der Waals surface area contributed by atoms with Gasteiger partial charge < -0.3 is 30.6 Å². The van der Waals surface area contributed by atoms with Crippen LogP contribution in [-0.2, 0) is 19.2 Å². The molecule has 12 heteroatoms. The van der Waals surface area contributed by atoms with Crippen molar-refractivity contribution in [2.24, 2.45) is 22.7 Å². The van der Waals surface area contributed by atoms with Crippen molar-refractivity contribution in [3.05, 3.63) is 42.6 Å². The number of fused-ring (bicyclic) bond motifs is 1. The predicted octanol–water partition coefficient (Wildman–Crippen LogP) is 3.55. The molecule has 0 saturated carbocycles. The number of amides is 4. The first-order chi connectivity index (χ1) is 21.6. The minimum atomic E-state index is -0.965. The molecular formula is C34H48FN5O6. The predicted molar refractivity (Wildman–Crippen MR) is 174 cm³/mol. The Morgan fingerprint density at radius 1 is 1.20 bits per heavy atom. The Kier molecular flexibility index (Phi) is 11.4. The van der Waals surface area contributed by atoms with E-state index in [0.29, 0.717) is 32.4 Å². The Morgan fingerprint density at radius 2 is 1.87 bits per heavy atom. The fourth-order valence-electron chi connectivity index (χ4n) is 6.25. The first-order valence-electron chi connectivity index (χ1n) is 15.5. The second-order valence-corrected chi connectivity index (χ2v) is 13.7. The number of ether oxygens (including phenoxy) is 1. The number of aromatic nitrogens is 1. The Balaban J connectivity index is 0.00000282.